The van der Waals surface area contributed by atoms with Gasteiger partial charge in [0.2, 0.25) is 5.91 Å². The van der Waals surface area contributed by atoms with Crippen LogP contribution in [0.2, 0.25) is 0 Å². The van der Waals surface area contributed by atoms with Gasteiger partial charge in [0.25, 0.3) is 0 Å². The molecule has 0 aromatic rings. The van der Waals surface area contributed by atoms with E-state index >= 15 is 0 Å². The quantitative estimate of drug-likeness (QED) is 0.552. The predicted molar refractivity (Wildman–Crippen MR) is 42.7 cm³/mol. The van der Waals surface area contributed by atoms with Gasteiger partial charge in [-0.3, -0.25) is 4.79 Å². The fraction of sp³-hybridized carbons (Fsp3) is 0.500. The number of carbonyl (C=O) groups is 1. The first-order chi connectivity index (χ1) is 5.00. The molecular weight excluding hydrogens is 140 g/mol. The molecular formula is C8H12N2O. The molecule has 1 amide bonds. The third-order valence-corrected chi connectivity index (χ3v) is 1.45. The third-order valence-electron chi connectivity index (χ3n) is 1.45. The summed E-state index contributed by atoms with van der Waals surface area (Å²) in [6.45, 7) is 6.79. The Bertz CT molecular complexity index is 215. The van der Waals surface area contributed by atoms with Gasteiger partial charge in [-0.25, -0.2) is 0 Å². The van der Waals surface area contributed by atoms with Crippen LogP contribution in [0.4, 0.5) is 0 Å². The Labute approximate surface area is 66.9 Å². The fourth-order valence-electron chi connectivity index (χ4n) is 0.564. The molecule has 0 N–H and O–H groups in total. The lowest BCUT2D eigenvalue weighted by atomic mass is 10.2. The SMILES string of the molecule is C=C(C)C(=O)N(C)C(C)C#N. The first-order valence-electron chi connectivity index (χ1n) is 3.33. The third kappa shape index (κ3) is 2.42. The Morgan fingerprint density at radius 3 is 2.45 bits per heavy atom. The molecule has 0 bridgehead atoms. The van der Waals surface area contributed by atoms with Crippen molar-refractivity contribution >= 4 is 5.91 Å². The van der Waals surface area contributed by atoms with Crippen LogP contribution in [0.3, 0.4) is 0 Å². The van der Waals surface area contributed by atoms with E-state index in [1.807, 2.05) is 6.07 Å². The van der Waals surface area contributed by atoms with Crippen molar-refractivity contribution in [3.63, 3.8) is 0 Å². The van der Waals surface area contributed by atoms with E-state index in [0.29, 0.717) is 5.57 Å². The highest BCUT2D eigenvalue weighted by atomic mass is 16.2. The Balaban J connectivity index is 4.27. The Hall–Kier alpha value is -1.30. The summed E-state index contributed by atoms with van der Waals surface area (Å²) in [6, 6.07) is 1.57. The van der Waals surface area contributed by atoms with Crippen LogP contribution in [0.25, 0.3) is 0 Å². The van der Waals surface area contributed by atoms with Gasteiger partial charge in [-0.05, 0) is 13.8 Å². The molecule has 0 fully saturated rings. The van der Waals surface area contributed by atoms with Crippen molar-refractivity contribution in [3.8, 4) is 6.07 Å². The summed E-state index contributed by atoms with van der Waals surface area (Å²) in [5.74, 6) is -0.181. The van der Waals surface area contributed by atoms with Gasteiger partial charge in [0, 0.05) is 12.6 Å². The van der Waals surface area contributed by atoms with Gasteiger partial charge in [0.05, 0.1) is 6.07 Å². The van der Waals surface area contributed by atoms with Gasteiger partial charge >= 0.3 is 0 Å². The lowest BCUT2D eigenvalue weighted by Gasteiger charge is -2.18. The number of likely N-dealkylation sites (N-methyl/N-ethyl adjacent to an activating group) is 1. The molecule has 0 radical (unpaired) electrons. The maximum Gasteiger partial charge on any atom is 0.249 e. The van der Waals surface area contributed by atoms with Gasteiger partial charge in [-0.1, -0.05) is 6.58 Å². The summed E-state index contributed by atoms with van der Waals surface area (Å²) < 4.78 is 0. The number of hydrogen-bond acceptors (Lipinski definition) is 2. The fourth-order valence-corrected chi connectivity index (χ4v) is 0.564. The Morgan fingerprint density at radius 2 is 2.18 bits per heavy atom. The largest absolute Gasteiger partial charge is 0.326 e. The summed E-state index contributed by atoms with van der Waals surface area (Å²) >= 11 is 0. The summed E-state index contributed by atoms with van der Waals surface area (Å²) in [6.07, 6.45) is 0. The van der Waals surface area contributed by atoms with Crippen molar-refractivity contribution in [3.05, 3.63) is 12.2 Å². The number of nitrogens with zero attached hydrogens (tertiary/aromatic N) is 2. The van der Waals surface area contributed by atoms with Crippen molar-refractivity contribution < 1.29 is 4.79 Å². The highest BCUT2D eigenvalue weighted by Crippen LogP contribution is 2.00. The minimum absolute atomic E-state index is 0.181. The van der Waals surface area contributed by atoms with Crippen LogP contribution in [0.15, 0.2) is 12.2 Å². The number of rotatable bonds is 2. The minimum Gasteiger partial charge on any atom is -0.326 e. The van der Waals surface area contributed by atoms with E-state index in [1.165, 1.54) is 4.90 Å². The van der Waals surface area contributed by atoms with Crippen molar-refractivity contribution in [2.45, 2.75) is 19.9 Å². The molecule has 0 aromatic carbocycles. The van der Waals surface area contributed by atoms with Crippen molar-refractivity contribution in [1.82, 2.24) is 4.90 Å². The molecule has 0 aliphatic carbocycles. The zero-order chi connectivity index (χ0) is 9.02. The number of nitriles is 1. The molecule has 3 nitrogen and oxygen atoms in total. The summed E-state index contributed by atoms with van der Waals surface area (Å²) in [7, 11) is 1.59. The maximum absolute atomic E-state index is 11.1. The average Bonchev–Trinajstić information content (AvgIpc) is 2.00. The lowest BCUT2D eigenvalue weighted by Crippen LogP contribution is -2.34. The van der Waals surface area contributed by atoms with Crippen LogP contribution >= 0.6 is 0 Å². The van der Waals surface area contributed by atoms with Crippen molar-refractivity contribution in [2.75, 3.05) is 7.05 Å². The van der Waals surface area contributed by atoms with E-state index in [0.717, 1.165) is 0 Å². The molecule has 3 heteroatoms. The molecule has 0 rings (SSSR count). The molecule has 1 unspecified atom stereocenters. The standard InChI is InChI=1S/C8H12N2O/c1-6(2)8(11)10(4)7(3)5-9/h7H,1H2,2-4H3. The Kier molecular flexibility index (Phi) is 3.32. The van der Waals surface area contributed by atoms with E-state index in [-0.39, 0.29) is 11.9 Å². The molecule has 0 aromatic heterocycles. The zero-order valence-electron chi connectivity index (χ0n) is 7.09. The van der Waals surface area contributed by atoms with Crippen LogP contribution < -0.4 is 0 Å². The van der Waals surface area contributed by atoms with E-state index in [2.05, 4.69) is 6.58 Å². The van der Waals surface area contributed by atoms with Gasteiger partial charge in [0.15, 0.2) is 0 Å². The molecule has 0 saturated heterocycles. The van der Waals surface area contributed by atoms with Gasteiger partial charge in [0.1, 0.15) is 6.04 Å². The highest BCUT2D eigenvalue weighted by molar-refractivity contribution is 5.92. The lowest BCUT2D eigenvalue weighted by molar-refractivity contribution is -0.126. The van der Waals surface area contributed by atoms with Gasteiger partial charge in [-0.15, -0.1) is 0 Å². The second-order valence-electron chi connectivity index (χ2n) is 2.50. The topological polar surface area (TPSA) is 44.1 Å². The van der Waals surface area contributed by atoms with Crippen LogP contribution in [-0.4, -0.2) is 23.9 Å². The van der Waals surface area contributed by atoms with Crippen LogP contribution in [0, 0.1) is 11.3 Å². The second-order valence-corrected chi connectivity index (χ2v) is 2.50. The van der Waals surface area contributed by atoms with Gasteiger partial charge in [-0.2, -0.15) is 5.26 Å². The predicted octanol–water partition coefficient (Wildman–Crippen LogP) is 0.933. The van der Waals surface area contributed by atoms with Gasteiger partial charge < -0.3 is 4.90 Å². The molecule has 11 heavy (non-hydrogen) atoms. The monoisotopic (exact) mass is 152 g/mol. The molecule has 1 atom stereocenters. The Morgan fingerprint density at radius 1 is 1.73 bits per heavy atom. The van der Waals surface area contributed by atoms with E-state index < -0.39 is 0 Å². The first kappa shape index (κ1) is 9.70. The van der Waals surface area contributed by atoms with Crippen LogP contribution in [-0.2, 0) is 4.79 Å². The van der Waals surface area contributed by atoms with Crippen molar-refractivity contribution in [2.24, 2.45) is 0 Å². The molecule has 0 aliphatic rings. The average molecular weight is 152 g/mol. The maximum atomic E-state index is 11.1. The molecule has 0 heterocycles. The van der Waals surface area contributed by atoms with Crippen LogP contribution in [0.1, 0.15) is 13.8 Å². The summed E-state index contributed by atoms with van der Waals surface area (Å²) in [5, 5.41) is 8.46. The molecule has 60 valence electrons. The minimum atomic E-state index is -0.390. The smallest absolute Gasteiger partial charge is 0.249 e. The van der Waals surface area contributed by atoms with Crippen LogP contribution in [0.5, 0.6) is 0 Å². The van der Waals surface area contributed by atoms with E-state index in [4.69, 9.17) is 5.26 Å². The number of amides is 1. The normalized spacial score (nSPS) is 11.5. The molecule has 0 saturated carbocycles. The zero-order valence-corrected chi connectivity index (χ0v) is 7.09. The summed E-state index contributed by atoms with van der Waals surface area (Å²) in [5.41, 5.74) is 0.453. The second kappa shape index (κ2) is 3.77. The summed E-state index contributed by atoms with van der Waals surface area (Å²) in [4.78, 5) is 12.5. The number of hydrogen-bond donors (Lipinski definition) is 0. The first-order valence-corrected chi connectivity index (χ1v) is 3.33. The van der Waals surface area contributed by atoms with E-state index in [1.54, 1.807) is 20.9 Å². The molecule has 0 spiro atoms. The van der Waals surface area contributed by atoms with Crippen molar-refractivity contribution in [1.29, 1.82) is 5.26 Å². The molecule has 0 aliphatic heterocycles. The highest BCUT2D eigenvalue weighted by Gasteiger charge is 2.14. The number of carbonyl (C=O) groups excluding carboxylic acids is 1. The van der Waals surface area contributed by atoms with E-state index in [9.17, 15) is 4.79 Å².